The molecule has 0 amide bonds. The summed E-state index contributed by atoms with van der Waals surface area (Å²) in [4.78, 5) is 0. The van der Waals surface area contributed by atoms with Crippen LogP contribution in [-0.4, -0.2) is 16.2 Å². The smallest absolute Gasteiger partial charge is 0.318 e. The summed E-state index contributed by atoms with van der Waals surface area (Å²) in [5, 5.41) is 16.6. The fourth-order valence-corrected chi connectivity index (χ4v) is 0.158. The van der Waals surface area contributed by atoms with Gasteiger partial charge in [-0.05, 0) is 0 Å². The molecule has 0 fully saturated rings. The Morgan fingerprint density at radius 2 is 2.14 bits per heavy atom. The molecular formula is C4H8O3. The zero-order valence-corrected chi connectivity index (χ0v) is 4.09. The van der Waals surface area contributed by atoms with E-state index in [1.807, 2.05) is 0 Å². The monoisotopic (exact) mass is 104 g/mol. The van der Waals surface area contributed by atoms with Gasteiger partial charge in [0.15, 0.2) is 0 Å². The fourth-order valence-electron chi connectivity index (χ4n) is 0.158. The Kier molecular flexibility index (Phi) is 1.80. The van der Waals surface area contributed by atoms with Gasteiger partial charge in [0.2, 0.25) is 0 Å². The summed E-state index contributed by atoms with van der Waals surface area (Å²) in [6.07, 6.45) is 0.958. The zero-order chi connectivity index (χ0) is 5.91. The maximum atomic E-state index is 8.28. The third-order valence-corrected chi connectivity index (χ3v) is 0.307. The molecule has 0 unspecified atom stereocenters. The Labute approximate surface area is 41.8 Å². The molecule has 0 aromatic rings. The van der Waals surface area contributed by atoms with E-state index in [0.29, 0.717) is 0 Å². The van der Waals surface area contributed by atoms with Crippen LogP contribution < -0.4 is 0 Å². The van der Waals surface area contributed by atoms with Crippen molar-refractivity contribution < 1.29 is 14.9 Å². The maximum absolute atomic E-state index is 8.28. The lowest BCUT2D eigenvalue weighted by atomic mass is 10.7. The molecule has 0 aromatic carbocycles. The number of hydrogen-bond donors (Lipinski definition) is 2. The summed E-state index contributed by atoms with van der Waals surface area (Å²) in [6.45, 7) is 4.20. The molecule has 0 saturated carbocycles. The van der Waals surface area contributed by atoms with Gasteiger partial charge in [-0.25, -0.2) is 0 Å². The number of rotatable bonds is 2. The average Bonchev–Trinajstić information content (AvgIpc) is 1.30. The van der Waals surface area contributed by atoms with E-state index in [4.69, 9.17) is 10.2 Å². The summed E-state index contributed by atoms with van der Waals surface area (Å²) < 4.78 is 4.10. The van der Waals surface area contributed by atoms with Gasteiger partial charge in [0.05, 0.1) is 6.26 Å². The quantitative estimate of drug-likeness (QED) is 0.377. The van der Waals surface area contributed by atoms with E-state index in [2.05, 4.69) is 11.3 Å². The normalized spacial score (nSPS) is 10.7. The lowest BCUT2D eigenvalue weighted by Crippen LogP contribution is -2.24. The Balaban J connectivity index is 3.34. The Hall–Kier alpha value is -0.540. The van der Waals surface area contributed by atoms with Crippen molar-refractivity contribution in [1.29, 1.82) is 0 Å². The largest absolute Gasteiger partial charge is 0.448 e. The van der Waals surface area contributed by atoms with Crippen molar-refractivity contribution in [2.24, 2.45) is 0 Å². The summed E-state index contributed by atoms with van der Waals surface area (Å²) in [7, 11) is 0. The molecule has 7 heavy (non-hydrogen) atoms. The van der Waals surface area contributed by atoms with Gasteiger partial charge >= 0.3 is 5.97 Å². The minimum Gasteiger partial charge on any atom is -0.448 e. The molecule has 0 aliphatic carbocycles. The van der Waals surface area contributed by atoms with Crippen LogP contribution in [0.2, 0.25) is 0 Å². The highest BCUT2D eigenvalue weighted by molar-refractivity contribution is 4.51. The molecular weight excluding hydrogens is 96.0 g/mol. The first-order valence-corrected chi connectivity index (χ1v) is 1.80. The van der Waals surface area contributed by atoms with Gasteiger partial charge in [-0.2, -0.15) is 0 Å². The Morgan fingerprint density at radius 1 is 1.71 bits per heavy atom. The molecule has 0 rings (SSSR count). The van der Waals surface area contributed by atoms with Crippen LogP contribution >= 0.6 is 0 Å². The molecule has 0 aromatic heterocycles. The van der Waals surface area contributed by atoms with Crippen molar-refractivity contribution in [2.45, 2.75) is 12.9 Å². The standard InChI is InChI=1S/C4H8O3/c1-3-7-4(2,5)6/h3,5-6H,1H2,2H3. The van der Waals surface area contributed by atoms with E-state index >= 15 is 0 Å². The molecule has 0 bridgehead atoms. The lowest BCUT2D eigenvalue weighted by Gasteiger charge is -2.12. The first-order valence-electron chi connectivity index (χ1n) is 1.80. The van der Waals surface area contributed by atoms with Gasteiger partial charge in [-0.3, -0.25) is 0 Å². The molecule has 0 radical (unpaired) electrons. The molecule has 0 aliphatic heterocycles. The number of aliphatic hydroxyl groups is 2. The second-order valence-electron chi connectivity index (χ2n) is 1.22. The van der Waals surface area contributed by atoms with Crippen LogP contribution in [0.15, 0.2) is 12.8 Å². The third-order valence-electron chi connectivity index (χ3n) is 0.307. The van der Waals surface area contributed by atoms with Crippen LogP contribution in [0, 0.1) is 0 Å². The van der Waals surface area contributed by atoms with Gasteiger partial charge in [-0.1, -0.05) is 6.58 Å². The Morgan fingerprint density at radius 3 is 2.14 bits per heavy atom. The zero-order valence-electron chi connectivity index (χ0n) is 4.09. The van der Waals surface area contributed by atoms with E-state index in [1.54, 1.807) is 0 Å². The number of ether oxygens (including phenoxy) is 1. The van der Waals surface area contributed by atoms with Crippen molar-refractivity contribution >= 4 is 0 Å². The molecule has 42 valence electrons. The van der Waals surface area contributed by atoms with E-state index in [0.717, 1.165) is 13.2 Å². The van der Waals surface area contributed by atoms with E-state index in [9.17, 15) is 0 Å². The van der Waals surface area contributed by atoms with Crippen LogP contribution in [0.3, 0.4) is 0 Å². The molecule has 0 heterocycles. The Bertz CT molecular complexity index is 61.8. The molecule has 3 nitrogen and oxygen atoms in total. The van der Waals surface area contributed by atoms with Crippen molar-refractivity contribution in [2.75, 3.05) is 0 Å². The van der Waals surface area contributed by atoms with Crippen molar-refractivity contribution in [3.05, 3.63) is 12.8 Å². The minimum absolute atomic E-state index is 0.958. The molecule has 0 saturated heterocycles. The minimum atomic E-state index is -2.07. The van der Waals surface area contributed by atoms with Crippen molar-refractivity contribution in [3.8, 4) is 0 Å². The van der Waals surface area contributed by atoms with Crippen molar-refractivity contribution in [1.82, 2.24) is 0 Å². The SMILES string of the molecule is C=COC(C)(O)O. The lowest BCUT2D eigenvalue weighted by molar-refractivity contribution is -0.299. The van der Waals surface area contributed by atoms with Gasteiger partial charge < -0.3 is 14.9 Å². The van der Waals surface area contributed by atoms with E-state index < -0.39 is 5.97 Å². The summed E-state index contributed by atoms with van der Waals surface area (Å²) in [6, 6.07) is 0. The van der Waals surface area contributed by atoms with Gasteiger partial charge in [-0.15, -0.1) is 0 Å². The summed E-state index contributed by atoms with van der Waals surface area (Å²) in [5.74, 6) is -2.07. The summed E-state index contributed by atoms with van der Waals surface area (Å²) >= 11 is 0. The predicted octanol–water partition coefficient (Wildman–Crippen LogP) is -0.195. The topological polar surface area (TPSA) is 49.7 Å². The van der Waals surface area contributed by atoms with E-state index in [1.165, 1.54) is 0 Å². The highest BCUT2D eigenvalue weighted by Gasteiger charge is 2.12. The van der Waals surface area contributed by atoms with Gasteiger partial charge in [0.25, 0.3) is 0 Å². The molecule has 2 N–H and O–H groups in total. The third kappa shape index (κ3) is 5.46. The van der Waals surface area contributed by atoms with Crippen LogP contribution in [0.25, 0.3) is 0 Å². The second kappa shape index (κ2) is 1.95. The van der Waals surface area contributed by atoms with Crippen LogP contribution in [0.5, 0.6) is 0 Å². The van der Waals surface area contributed by atoms with Crippen LogP contribution in [-0.2, 0) is 4.74 Å². The summed E-state index contributed by atoms with van der Waals surface area (Å²) in [5.41, 5.74) is 0. The number of hydrogen-bond acceptors (Lipinski definition) is 3. The molecule has 0 atom stereocenters. The molecule has 0 aliphatic rings. The highest BCUT2D eigenvalue weighted by Crippen LogP contribution is 1.96. The second-order valence-corrected chi connectivity index (χ2v) is 1.22. The predicted molar refractivity (Wildman–Crippen MR) is 24.1 cm³/mol. The maximum Gasteiger partial charge on any atom is 0.318 e. The van der Waals surface area contributed by atoms with Crippen LogP contribution in [0.4, 0.5) is 0 Å². The van der Waals surface area contributed by atoms with Crippen molar-refractivity contribution in [3.63, 3.8) is 0 Å². The first kappa shape index (κ1) is 6.46. The van der Waals surface area contributed by atoms with E-state index in [-0.39, 0.29) is 0 Å². The molecule has 3 heteroatoms. The molecule has 0 spiro atoms. The van der Waals surface area contributed by atoms with Gasteiger partial charge in [0, 0.05) is 6.92 Å². The highest BCUT2D eigenvalue weighted by atomic mass is 16.8. The van der Waals surface area contributed by atoms with Crippen LogP contribution in [0.1, 0.15) is 6.92 Å². The first-order chi connectivity index (χ1) is 3.06. The average molecular weight is 104 g/mol. The van der Waals surface area contributed by atoms with Gasteiger partial charge in [0.1, 0.15) is 0 Å². The fraction of sp³-hybridized carbons (Fsp3) is 0.500.